The summed E-state index contributed by atoms with van der Waals surface area (Å²) in [5.41, 5.74) is 5.38. The number of nitrogens with zero attached hydrogens (tertiary/aromatic N) is 2. The van der Waals surface area contributed by atoms with Gasteiger partial charge >= 0.3 is 0 Å². The number of anilines is 2. The molecule has 0 fully saturated rings. The van der Waals surface area contributed by atoms with Crippen LogP contribution < -0.4 is 14.5 Å². The molecule has 0 aromatic heterocycles. The number of carbonyl (C=O) groups excluding carboxylic acids is 1. The van der Waals surface area contributed by atoms with Crippen molar-refractivity contribution in [1.29, 1.82) is 0 Å². The zero-order chi connectivity index (χ0) is 22.4. The summed E-state index contributed by atoms with van der Waals surface area (Å²) in [6.07, 6.45) is 3.97. The first-order valence-electron chi connectivity index (χ1n) is 10.9. The van der Waals surface area contributed by atoms with Crippen LogP contribution in [0.15, 0.2) is 42.5 Å². The largest absolute Gasteiger partial charge is 0.371 e. The molecule has 2 aromatic rings. The molecule has 6 nitrogen and oxygen atoms in total. The number of benzene rings is 2. The van der Waals surface area contributed by atoms with Gasteiger partial charge in [-0.3, -0.25) is 9.10 Å². The van der Waals surface area contributed by atoms with E-state index in [1.54, 1.807) is 0 Å². The maximum Gasteiger partial charge on any atom is 0.232 e. The lowest BCUT2D eigenvalue weighted by Crippen LogP contribution is -2.33. The maximum absolute atomic E-state index is 12.3. The Hall–Kier alpha value is -2.54. The third-order valence-electron chi connectivity index (χ3n) is 5.92. The van der Waals surface area contributed by atoms with Crippen LogP contribution >= 0.6 is 0 Å². The highest BCUT2D eigenvalue weighted by molar-refractivity contribution is 7.92. The highest BCUT2D eigenvalue weighted by Crippen LogP contribution is 2.27. The lowest BCUT2D eigenvalue weighted by Gasteiger charge is -2.25. The van der Waals surface area contributed by atoms with Gasteiger partial charge in [-0.1, -0.05) is 30.3 Å². The smallest absolute Gasteiger partial charge is 0.232 e. The second-order valence-electron chi connectivity index (χ2n) is 8.23. The number of amides is 1. The molecule has 31 heavy (non-hydrogen) atoms. The topological polar surface area (TPSA) is 69.7 Å². The predicted molar refractivity (Wildman–Crippen MR) is 127 cm³/mol. The Bertz CT molecular complexity index is 1020. The Morgan fingerprint density at radius 3 is 2.65 bits per heavy atom. The minimum absolute atomic E-state index is 0.0313. The third kappa shape index (κ3) is 6.00. The lowest BCUT2D eigenvalue weighted by molar-refractivity contribution is -0.121. The van der Waals surface area contributed by atoms with Gasteiger partial charge in [-0.15, -0.1) is 0 Å². The Balaban J connectivity index is 1.42. The van der Waals surface area contributed by atoms with Crippen LogP contribution in [0.3, 0.4) is 0 Å². The number of carbonyl (C=O) groups is 1. The van der Waals surface area contributed by atoms with Gasteiger partial charge < -0.3 is 10.2 Å². The van der Waals surface area contributed by atoms with Crippen molar-refractivity contribution in [3.05, 3.63) is 59.2 Å². The molecule has 0 bridgehead atoms. The van der Waals surface area contributed by atoms with Gasteiger partial charge in [-0.25, -0.2) is 8.42 Å². The number of fused-ring (bicyclic) bond motifs is 1. The Morgan fingerprint density at radius 2 is 1.87 bits per heavy atom. The molecule has 7 heteroatoms. The highest BCUT2D eigenvalue weighted by atomic mass is 32.2. The zero-order valence-corrected chi connectivity index (χ0v) is 19.5. The van der Waals surface area contributed by atoms with Crippen molar-refractivity contribution in [1.82, 2.24) is 5.32 Å². The molecule has 3 rings (SSSR count). The summed E-state index contributed by atoms with van der Waals surface area (Å²) >= 11 is 0. The minimum Gasteiger partial charge on any atom is -0.371 e. The lowest BCUT2D eigenvalue weighted by atomic mass is 10.1. The Kier molecular flexibility index (Phi) is 7.59. The van der Waals surface area contributed by atoms with Crippen molar-refractivity contribution in [2.45, 2.75) is 39.5 Å². The van der Waals surface area contributed by atoms with Crippen LogP contribution in [0.4, 0.5) is 11.4 Å². The predicted octanol–water partition coefficient (Wildman–Crippen LogP) is 3.42. The van der Waals surface area contributed by atoms with Gasteiger partial charge in [-0.2, -0.15) is 0 Å². The van der Waals surface area contributed by atoms with E-state index in [0.717, 1.165) is 37.1 Å². The Labute approximate surface area is 186 Å². The van der Waals surface area contributed by atoms with Crippen molar-refractivity contribution in [3.63, 3.8) is 0 Å². The second-order valence-corrected chi connectivity index (χ2v) is 10.1. The fourth-order valence-electron chi connectivity index (χ4n) is 4.08. The number of para-hydroxylation sites is 1. The molecular weight excluding hydrogens is 410 g/mol. The van der Waals surface area contributed by atoms with Crippen molar-refractivity contribution in [2.75, 3.05) is 41.6 Å². The van der Waals surface area contributed by atoms with Gasteiger partial charge in [0.15, 0.2) is 0 Å². The SMILES string of the molecule is Cc1cccc(N(CCCC(=O)NCCCN2CCc3ccccc32)S(C)(=O)=O)c1C. The first-order valence-corrected chi connectivity index (χ1v) is 12.8. The average molecular weight is 444 g/mol. The van der Waals surface area contributed by atoms with Crippen molar-refractivity contribution in [2.24, 2.45) is 0 Å². The normalized spacial score (nSPS) is 13.2. The van der Waals surface area contributed by atoms with Crippen LogP contribution in [-0.2, 0) is 21.2 Å². The van der Waals surface area contributed by atoms with Crippen LogP contribution in [0.2, 0.25) is 0 Å². The summed E-state index contributed by atoms with van der Waals surface area (Å²) in [7, 11) is -3.41. The van der Waals surface area contributed by atoms with E-state index in [0.29, 0.717) is 31.6 Å². The van der Waals surface area contributed by atoms with E-state index in [9.17, 15) is 13.2 Å². The summed E-state index contributed by atoms with van der Waals surface area (Å²) in [5.74, 6) is -0.0313. The second kappa shape index (κ2) is 10.2. The van der Waals surface area contributed by atoms with E-state index in [2.05, 4.69) is 34.5 Å². The van der Waals surface area contributed by atoms with Crippen molar-refractivity contribution in [3.8, 4) is 0 Å². The van der Waals surface area contributed by atoms with E-state index in [4.69, 9.17) is 0 Å². The van der Waals surface area contributed by atoms with Gasteiger partial charge in [0.2, 0.25) is 15.9 Å². The van der Waals surface area contributed by atoms with Gasteiger partial charge in [0.05, 0.1) is 11.9 Å². The van der Waals surface area contributed by atoms with Crippen molar-refractivity contribution >= 4 is 27.3 Å². The van der Waals surface area contributed by atoms with Crippen molar-refractivity contribution < 1.29 is 13.2 Å². The summed E-state index contributed by atoms with van der Waals surface area (Å²) < 4.78 is 26.0. The quantitative estimate of drug-likeness (QED) is 0.571. The molecule has 1 amide bonds. The summed E-state index contributed by atoms with van der Waals surface area (Å²) in [6.45, 7) is 6.77. The van der Waals surface area contributed by atoms with Crippen LogP contribution in [0.1, 0.15) is 36.0 Å². The summed E-state index contributed by atoms with van der Waals surface area (Å²) in [6, 6.07) is 14.1. The fraction of sp³-hybridized carbons (Fsp3) is 0.458. The number of aryl methyl sites for hydroxylation is 1. The molecule has 168 valence electrons. The molecule has 1 N–H and O–H groups in total. The number of hydrogen-bond acceptors (Lipinski definition) is 4. The highest BCUT2D eigenvalue weighted by Gasteiger charge is 2.20. The van der Waals surface area contributed by atoms with E-state index >= 15 is 0 Å². The molecule has 0 saturated carbocycles. The zero-order valence-electron chi connectivity index (χ0n) is 18.7. The number of hydrogen-bond donors (Lipinski definition) is 1. The van der Waals surface area contributed by atoms with Gasteiger partial charge in [-0.05, 0) is 61.9 Å². The molecule has 1 aliphatic rings. The molecule has 2 aromatic carbocycles. The maximum atomic E-state index is 12.3. The molecule has 0 aliphatic carbocycles. The first-order chi connectivity index (χ1) is 14.8. The van der Waals surface area contributed by atoms with Crippen LogP contribution in [0, 0.1) is 13.8 Å². The van der Waals surface area contributed by atoms with E-state index in [1.807, 2.05) is 32.0 Å². The average Bonchev–Trinajstić information content (AvgIpc) is 3.13. The van der Waals surface area contributed by atoms with Gasteiger partial charge in [0.1, 0.15) is 0 Å². The molecular formula is C24H33N3O3S. The van der Waals surface area contributed by atoms with Crippen LogP contribution in [-0.4, -0.2) is 46.8 Å². The molecule has 0 spiro atoms. The Morgan fingerprint density at radius 1 is 1.10 bits per heavy atom. The third-order valence-corrected chi connectivity index (χ3v) is 7.10. The molecule has 0 saturated heterocycles. The van der Waals surface area contributed by atoms with E-state index in [-0.39, 0.29) is 5.91 Å². The minimum atomic E-state index is -3.41. The number of rotatable bonds is 10. The molecule has 0 unspecified atom stereocenters. The van der Waals surface area contributed by atoms with Gasteiger partial charge in [0, 0.05) is 38.3 Å². The standard InChI is InChI=1S/C24H33N3O3S/c1-19-9-6-12-22(20(19)2)27(31(3,29)30)17-7-13-24(28)25-15-8-16-26-18-14-21-10-4-5-11-23(21)26/h4-6,9-12H,7-8,13-18H2,1-3H3,(H,25,28). The summed E-state index contributed by atoms with van der Waals surface area (Å²) in [4.78, 5) is 14.6. The monoisotopic (exact) mass is 443 g/mol. The number of nitrogens with one attached hydrogen (secondary N) is 1. The first kappa shape index (κ1) is 23.1. The molecule has 0 atom stereocenters. The molecule has 1 heterocycles. The number of sulfonamides is 1. The molecule has 1 aliphatic heterocycles. The fourth-order valence-corrected chi connectivity index (χ4v) is 5.09. The van der Waals surface area contributed by atoms with E-state index in [1.165, 1.54) is 21.8 Å². The van der Waals surface area contributed by atoms with Crippen LogP contribution in [0.5, 0.6) is 0 Å². The summed E-state index contributed by atoms with van der Waals surface area (Å²) in [5, 5.41) is 2.97. The molecule has 0 radical (unpaired) electrons. The van der Waals surface area contributed by atoms with Gasteiger partial charge in [0.25, 0.3) is 0 Å². The van der Waals surface area contributed by atoms with E-state index < -0.39 is 10.0 Å². The van der Waals surface area contributed by atoms with Crippen LogP contribution in [0.25, 0.3) is 0 Å².